The van der Waals surface area contributed by atoms with E-state index in [-0.39, 0.29) is 11.8 Å². The zero-order chi connectivity index (χ0) is 21.8. The fourth-order valence-corrected chi connectivity index (χ4v) is 3.65. The van der Waals surface area contributed by atoms with E-state index in [0.717, 1.165) is 12.1 Å². The molecule has 4 rings (SSSR count). The molecule has 2 amide bonds. The van der Waals surface area contributed by atoms with E-state index in [4.69, 9.17) is 4.74 Å². The summed E-state index contributed by atoms with van der Waals surface area (Å²) in [6.07, 6.45) is 5.00. The van der Waals surface area contributed by atoms with Crippen LogP contribution in [0.2, 0.25) is 0 Å². The van der Waals surface area contributed by atoms with Gasteiger partial charge in [0, 0.05) is 51.6 Å². The number of hydrogen-bond donors (Lipinski definition) is 2. The first kappa shape index (κ1) is 20.6. The summed E-state index contributed by atoms with van der Waals surface area (Å²) in [7, 11) is 3.75. The van der Waals surface area contributed by atoms with Gasteiger partial charge in [-0.2, -0.15) is 0 Å². The number of rotatable bonds is 0. The van der Waals surface area contributed by atoms with Gasteiger partial charge in [-0.3, -0.25) is 9.59 Å². The summed E-state index contributed by atoms with van der Waals surface area (Å²) >= 11 is 0. The zero-order valence-electron chi connectivity index (χ0n) is 17.7. The second-order valence-corrected chi connectivity index (χ2v) is 7.65. The van der Waals surface area contributed by atoms with E-state index in [2.05, 4.69) is 20.6 Å². The van der Waals surface area contributed by atoms with Crippen LogP contribution in [0, 0.1) is 0 Å². The molecule has 2 N–H and O–H groups in total. The summed E-state index contributed by atoms with van der Waals surface area (Å²) in [5, 5.41) is 5.99. The molecule has 9 heteroatoms. The van der Waals surface area contributed by atoms with E-state index in [1.54, 1.807) is 11.1 Å². The Hall–Kier alpha value is -3.62. The van der Waals surface area contributed by atoms with Crippen LogP contribution in [0.4, 0.5) is 17.3 Å². The van der Waals surface area contributed by atoms with E-state index in [1.165, 1.54) is 6.33 Å². The molecular weight excluding hydrogens is 396 g/mol. The quantitative estimate of drug-likeness (QED) is 0.672. The van der Waals surface area contributed by atoms with Gasteiger partial charge < -0.3 is 25.2 Å². The predicted octanol–water partition coefficient (Wildman–Crippen LogP) is 2.34. The Balaban J connectivity index is 1.67. The Kier molecular flexibility index (Phi) is 6.01. The van der Waals surface area contributed by atoms with Crippen LogP contribution in [0.5, 0.6) is 5.75 Å². The Labute approximate surface area is 181 Å². The maximum Gasteiger partial charge on any atom is 0.259 e. The number of nitrogens with zero attached hydrogens (tertiary/aromatic N) is 4. The fraction of sp³-hybridized carbons (Fsp3) is 0.364. The van der Waals surface area contributed by atoms with Crippen molar-refractivity contribution < 1.29 is 14.3 Å². The molecule has 0 saturated carbocycles. The monoisotopic (exact) mass is 422 g/mol. The van der Waals surface area contributed by atoms with E-state index in [0.29, 0.717) is 61.1 Å². The largest absolute Gasteiger partial charge is 0.494 e. The Morgan fingerprint density at radius 2 is 1.90 bits per heavy atom. The maximum atomic E-state index is 12.6. The number of benzene rings is 1. The third kappa shape index (κ3) is 4.60. The topological polar surface area (TPSA) is 99.7 Å². The standard InChI is InChI=1S/C22H26N6O3/c1-27-9-5-10-28(2)21-19-17(22(30)26-20(19)24-14-25-21)13-23-15-6-3-7-16(12-15)31-11-4-8-18(27)29/h3,6-7,12-14,23H,4-5,8-11H2,1-2H3,(H,24,25,26,30)/b17-13-. The molecule has 0 unspecified atom stereocenters. The van der Waals surface area contributed by atoms with Gasteiger partial charge in [0.1, 0.15) is 23.7 Å². The highest BCUT2D eigenvalue weighted by molar-refractivity contribution is 6.32. The van der Waals surface area contributed by atoms with Gasteiger partial charge in [-0.15, -0.1) is 0 Å². The molecule has 2 aliphatic rings. The van der Waals surface area contributed by atoms with Crippen molar-refractivity contribution in [1.29, 1.82) is 0 Å². The van der Waals surface area contributed by atoms with E-state index >= 15 is 0 Å². The molecule has 2 bridgehead atoms. The number of carbonyl (C=O) groups excluding carboxylic acids is 2. The number of fused-ring (bicyclic) bond motifs is 2. The highest BCUT2D eigenvalue weighted by atomic mass is 16.5. The van der Waals surface area contributed by atoms with Crippen molar-refractivity contribution in [3.63, 3.8) is 0 Å². The molecule has 3 heterocycles. The molecule has 0 spiro atoms. The lowest BCUT2D eigenvalue weighted by Crippen LogP contribution is -2.31. The van der Waals surface area contributed by atoms with Gasteiger partial charge in [0.2, 0.25) is 5.91 Å². The Morgan fingerprint density at radius 3 is 2.77 bits per heavy atom. The molecule has 0 fully saturated rings. The number of aromatic nitrogens is 2. The Bertz CT molecular complexity index is 1020. The lowest BCUT2D eigenvalue weighted by Gasteiger charge is -2.23. The minimum Gasteiger partial charge on any atom is -0.494 e. The first-order valence-electron chi connectivity index (χ1n) is 10.3. The van der Waals surface area contributed by atoms with Crippen molar-refractivity contribution in [3.05, 3.63) is 42.4 Å². The number of amides is 2. The molecular formula is C22H26N6O3. The second kappa shape index (κ2) is 9.03. The third-order valence-corrected chi connectivity index (χ3v) is 5.37. The molecule has 0 radical (unpaired) electrons. The minimum atomic E-state index is -0.232. The van der Waals surface area contributed by atoms with Gasteiger partial charge in [-0.1, -0.05) is 6.07 Å². The van der Waals surface area contributed by atoms with Crippen LogP contribution in [-0.2, 0) is 9.59 Å². The van der Waals surface area contributed by atoms with Gasteiger partial charge in [0.15, 0.2) is 0 Å². The van der Waals surface area contributed by atoms with Crippen LogP contribution in [0.1, 0.15) is 24.8 Å². The molecule has 0 aliphatic carbocycles. The van der Waals surface area contributed by atoms with Crippen molar-refractivity contribution >= 4 is 34.7 Å². The Morgan fingerprint density at radius 1 is 1.06 bits per heavy atom. The highest BCUT2D eigenvalue weighted by Crippen LogP contribution is 2.36. The van der Waals surface area contributed by atoms with Crippen LogP contribution in [-0.4, -0.2) is 60.5 Å². The fourth-order valence-electron chi connectivity index (χ4n) is 3.65. The lowest BCUT2D eigenvalue weighted by atomic mass is 10.1. The number of anilines is 3. The van der Waals surface area contributed by atoms with E-state index in [1.807, 2.05) is 43.3 Å². The van der Waals surface area contributed by atoms with Crippen molar-refractivity contribution in [2.24, 2.45) is 0 Å². The zero-order valence-corrected chi connectivity index (χ0v) is 17.7. The first-order valence-corrected chi connectivity index (χ1v) is 10.3. The van der Waals surface area contributed by atoms with Crippen molar-refractivity contribution in [2.75, 3.05) is 49.3 Å². The average molecular weight is 422 g/mol. The van der Waals surface area contributed by atoms with Gasteiger partial charge >= 0.3 is 0 Å². The number of ether oxygens (including phenoxy) is 1. The van der Waals surface area contributed by atoms with E-state index in [9.17, 15) is 9.59 Å². The second-order valence-electron chi connectivity index (χ2n) is 7.65. The number of carbonyl (C=O) groups is 2. The summed E-state index contributed by atoms with van der Waals surface area (Å²) < 4.78 is 5.79. The van der Waals surface area contributed by atoms with Crippen LogP contribution in [0.3, 0.4) is 0 Å². The highest BCUT2D eigenvalue weighted by Gasteiger charge is 2.30. The van der Waals surface area contributed by atoms with Gasteiger partial charge in [-0.25, -0.2) is 9.97 Å². The minimum absolute atomic E-state index is 0.103. The SMILES string of the molecule is CN1CCCN(C)c2ncnc3c2/C(=C/Nc2cccc(c2)OCCCC1=O)C(=O)N3. The molecule has 2 aromatic rings. The van der Waals surface area contributed by atoms with Crippen LogP contribution in [0.25, 0.3) is 5.57 Å². The summed E-state index contributed by atoms with van der Waals surface area (Å²) in [5.41, 5.74) is 1.92. The normalized spacial score (nSPS) is 19.2. The molecule has 1 aromatic carbocycles. The molecule has 162 valence electrons. The van der Waals surface area contributed by atoms with E-state index < -0.39 is 0 Å². The number of nitrogens with one attached hydrogen (secondary N) is 2. The van der Waals surface area contributed by atoms with Crippen molar-refractivity contribution in [3.8, 4) is 5.75 Å². The van der Waals surface area contributed by atoms with Gasteiger partial charge in [-0.05, 0) is 25.0 Å². The summed E-state index contributed by atoms with van der Waals surface area (Å²) in [5.74, 6) is 1.73. The van der Waals surface area contributed by atoms with Crippen LogP contribution >= 0.6 is 0 Å². The maximum absolute atomic E-state index is 12.6. The lowest BCUT2D eigenvalue weighted by molar-refractivity contribution is -0.130. The summed E-state index contributed by atoms with van der Waals surface area (Å²) in [4.78, 5) is 37.4. The van der Waals surface area contributed by atoms with Gasteiger partial charge in [0.25, 0.3) is 5.91 Å². The molecule has 1 aromatic heterocycles. The molecule has 0 atom stereocenters. The molecule has 2 aliphatic heterocycles. The van der Waals surface area contributed by atoms with Crippen molar-refractivity contribution in [2.45, 2.75) is 19.3 Å². The van der Waals surface area contributed by atoms with Gasteiger partial charge in [0.05, 0.1) is 17.7 Å². The summed E-state index contributed by atoms with van der Waals surface area (Å²) in [6.45, 7) is 1.78. The summed E-state index contributed by atoms with van der Waals surface area (Å²) in [6, 6.07) is 7.49. The van der Waals surface area contributed by atoms with Crippen LogP contribution in [0.15, 0.2) is 36.8 Å². The average Bonchev–Trinajstić information content (AvgIpc) is 3.09. The molecule has 9 nitrogen and oxygen atoms in total. The van der Waals surface area contributed by atoms with Crippen LogP contribution < -0.4 is 20.3 Å². The third-order valence-electron chi connectivity index (χ3n) is 5.37. The predicted molar refractivity (Wildman–Crippen MR) is 119 cm³/mol. The molecule has 31 heavy (non-hydrogen) atoms. The smallest absolute Gasteiger partial charge is 0.259 e. The first-order chi connectivity index (χ1) is 15.0. The van der Waals surface area contributed by atoms with Crippen molar-refractivity contribution in [1.82, 2.24) is 14.9 Å². The molecule has 0 saturated heterocycles. The number of hydrogen-bond acceptors (Lipinski definition) is 7.